The highest BCUT2D eigenvalue weighted by Crippen LogP contribution is 2.18. The van der Waals surface area contributed by atoms with Crippen molar-refractivity contribution >= 4 is 63.2 Å². The third-order valence-electron chi connectivity index (χ3n) is 2.53. The molecule has 0 saturated carbocycles. The SMILES string of the molecule is O=C(NCCSCc1cccs1)c1ccc(Cl)cc1I. The van der Waals surface area contributed by atoms with Crippen molar-refractivity contribution in [3.63, 3.8) is 0 Å². The summed E-state index contributed by atoms with van der Waals surface area (Å²) in [5.41, 5.74) is 0.679. The zero-order valence-electron chi connectivity index (χ0n) is 10.6. The van der Waals surface area contributed by atoms with Gasteiger partial charge in [0.25, 0.3) is 5.91 Å². The van der Waals surface area contributed by atoms with E-state index >= 15 is 0 Å². The van der Waals surface area contributed by atoms with Crippen LogP contribution in [-0.2, 0) is 5.75 Å². The Morgan fingerprint density at radius 2 is 2.25 bits per heavy atom. The van der Waals surface area contributed by atoms with Crippen molar-refractivity contribution in [2.24, 2.45) is 0 Å². The molecule has 0 aliphatic rings. The van der Waals surface area contributed by atoms with Crippen LogP contribution in [0.25, 0.3) is 0 Å². The Kier molecular flexibility index (Phi) is 6.67. The van der Waals surface area contributed by atoms with Gasteiger partial charge >= 0.3 is 0 Å². The Balaban J connectivity index is 1.72. The lowest BCUT2D eigenvalue weighted by molar-refractivity contribution is 0.0955. The van der Waals surface area contributed by atoms with E-state index in [9.17, 15) is 4.79 Å². The van der Waals surface area contributed by atoms with Gasteiger partial charge in [-0.15, -0.1) is 11.3 Å². The van der Waals surface area contributed by atoms with Crippen molar-refractivity contribution in [1.82, 2.24) is 5.32 Å². The Morgan fingerprint density at radius 1 is 1.40 bits per heavy atom. The fourth-order valence-electron chi connectivity index (χ4n) is 1.57. The van der Waals surface area contributed by atoms with Gasteiger partial charge in [0.1, 0.15) is 0 Å². The summed E-state index contributed by atoms with van der Waals surface area (Å²) < 4.78 is 0.874. The lowest BCUT2D eigenvalue weighted by Crippen LogP contribution is -2.26. The van der Waals surface area contributed by atoms with Gasteiger partial charge in [-0.1, -0.05) is 17.7 Å². The van der Waals surface area contributed by atoms with Crippen molar-refractivity contribution in [2.75, 3.05) is 12.3 Å². The predicted molar refractivity (Wildman–Crippen MR) is 97.0 cm³/mol. The number of amides is 1. The summed E-state index contributed by atoms with van der Waals surface area (Å²) in [6, 6.07) is 9.49. The average molecular weight is 438 g/mol. The number of nitrogens with one attached hydrogen (secondary N) is 1. The summed E-state index contributed by atoms with van der Waals surface area (Å²) in [5, 5.41) is 5.67. The van der Waals surface area contributed by atoms with E-state index in [1.165, 1.54) is 4.88 Å². The van der Waals surface area contributed by atoms with E-state index in [0.29, 0.717) is 17.1 Å². The highest BCUT2D eigenvalue weighted by molar-refractivity contribution is 14.1. The highest BCUT2D eigenvalue weighted by Gasteiger charge is 2.09. The monoisotopic (exact) mass is 437 g/mol. The first-order valence-electron chi connectivity index (χ1n) is 6.00. The minimum atomic E-state index is -0.0391. The van der Waals surface area contributed by atoms with Gasteiger partial charge in [0, 0.05) is 31.5 Å². The lowest BCUT2D eigenvalue weighted by Gasteiger charge is -2.07. The van der Waals surface area contributed by atoms with Crippen LogP contribution in [0.1, 0.15) is 15.2 Å². The van der Waals surface area contributed by atoms with Crippen LogP contribution in [0, 0.1) is 3.57 Å². The fraction of sp³-hybridized carbons (Fsp3) is 0.214. The number of rotatable bonds is 6. The molecule has 20 heavy (non-hydrogen) atoms. The molecule has 0 bridgehead atoms. The summed E-state index contributed by atoms with van der Waals surface area (Å²) in [4.78, 5) is 13.4. The molecule has 2 aromatic rings. The molecule has 0 fully saturated rings. The van der Waals surface area contributed by atoms with Gasteiger partial charge in [0.05, 0.1) is 5.56 Å². The molecule has 1 N–H and O–H groups in total. The van der Waals surface area contributed by atoms with E-state index in [0.717, 1.165) is 15.1 Å². The Hall–Kier alpha value is -0.240. The van der Waals surface area contributed by atoms with Crippen LogP contribution >= 0.6 is 57.3 Å². The maximum Gasteiger partial charge on any atom is 0.252 e. The van der Waals surface area contributed by atoms with E-state index < -0.39 is 0 Å². The summed E-state index contributed by atoms with van der Waals surface area (Å²) in [5.74, 6) is 1.88. The zero-order valence-corrected chi connectivity index (χ0v) is 15.1. The van der Waals surface area contributed by atoms with Crippen molar-refractivity contribution < 1.29 is 4.79 Å². The molecule has 106 valence electrons. The molecule has 0 atom stereocenters. The van der Waals surface area contributed by atoms with Gasteiger partial charge in [-0.25, -0.2) is 0 Å². The highest BCUT2D eigenvalue weighted by atomic mass is 127. The predicted octanol–water partition coefficient (Wildman–Crippen LogP) is 4.67. The second-order valence-corrected chi connectivity index (χ2v) is 7.75. The molecular weight excluding hydrogens is 425 g/mol. The number of benzene rings is 1. The molecule has 0 aliphatic heterocycles. The van der Waals surface area contributed by atoms with Gasteiger partial charge in [-0.3, -0.25) is 4.79 Å². The molecule has 1 heterocycles. The first-order valence-corrected chi connectivity index (χ1v) is 9.49. The topological polar surface area (TPSA) is 29.1 Å². The second-order valence-electron chi connectivity index (χ2n) is 4.01. The first kappa shape index (κ1) is 16.1. The first-order chi connectivity index (χ1) is 9.66. The summed E-state index contributed by atoms with van der Waals surface area (Å²) in [6.07, 6.45) is 0. The van der Waals surface area contributed by atoms with Crippen LogP contribution in [0.2, 0.25) is 5.02 Å². The van der Waals surface area contributed by atoms with E-state index in [1.807, 2.05) is 11.8 Å². The van der Waals surface area contributed by atoms with Gasteiger partial charge < -0.3 is 5.32 Å². The number of hydrogen-bond acceptors (Lipinski definition) is 3. The Bertz CT molecular complexity index is 575. The maximum absolute atomic E-state index is 12.0. The molecule has 2 rings (SSSR count). The molecule has 0 unspecified atom stereocenters. The normalized spacial score (nSPS) is 10.5. The third-order valence-corrected chi connectivity index (χ3v) is 5.73. The van der Waals surface area contributed by atoms with Crippen LogP contribution in [0.15, 0.2) is 35.7 Å². The molecule has 0 saturated heterocycles. The summed E-state index contributed by atoms with van der Waals surface area (Å²) in [7, 11) is 0. The molecule has 0 aliphatic carbocycles. The number of carbonyl (C=O) groups excluding carboxylic acids is 1. The van der Waals surface area contributed by atoms with Gasteiger partial charge in [-0.2, -0.15) is 11.8 Å². The third kappa shape index (κ3) is 4.95. The van der Waals surface area contributed by atoms with Gasteiger partial charge in [0.2, 0.25) is 0 Å². The minimum Gasteiger partial charge on any atom is -0.351 e. The number of halogens is 2. The quantitative estimate of drug-likeness (QED) is 0.526. The van der Waals surface area contributed by atoms with Gasteiger partial charge in [-0.05, 0) is 52.2 Å². The largest absolute Gasteiger partial charge is 0.351 e. The molecule has 1 aromatic heterocycles. The number of carbonyl (C=O) groups is 1. The van der Waals surface area contributed by atoms with Crippen LogP contribution < -0.4 is 5.32 Å². The molecule has 2 nitrogen and oxygen atoms in total. The summed E-state index contributed by atoms with van der Waals surface area (Å²) >= 11 is 11.6. The Labute approximate surface area is 145 Å². The van der Waals surface area contributed by atoms with Crippen LogP contribution in [0.4, 0.5) is 0 Å². The standard InChI is InChI=1S/C14H13ClINOS2/c15-10-3-4-12(13(16)8-10)14(18)17-5-7-19-9-11-2-1-6-20-11/h1-4,6,8H,5,7,9H2,(H,17,18). The van der Waals surface area contributed by atoms with Crippen molar-refractivity contribution in [1.29, 1.82) is 0 Å². The van der Waals surface area contributed by atoms with E-state index in [1.54, 1.807) is 29.5 Å². The van der Waals surface area contributed by atoms with E-state index in [4.69, 9.17) is 11.6 Å². The molecule has 0 radical (unpaired) electrons. The van der Waals surface area contributed by atoms with Crippen LogP contribution in [0.3, 0.4) is 0 Å². The fourth-order valence-corrected chi connectivity index (χ4v) is 4.39. The molecule has 0 spiro atoms. The minimum absolute atomic E-state index is 0.0391. The van der Waals surface area contributed by atoms with Crippen molar-refractivity contribution in [3.8, 4) is 0 Å². The zero-order chi connectivity index (χ0) is 14.4. The van der Waals surface area contributed by atoms with Crippen LogP contribution in [0.5, 0.6) is 0 Å². The van der Waals surface area contributed by atoms with Gasteiger partial charge in [0.15, 0.2) is 0 Å². The van der Waals surface area contributed by atoms with E-state index in [2.05, 4.69) is 45.4 Å². The van der Waals surface area contributed by atoms with Crippen molar-refractivity contribution in [2.45, 2.75) is 5.75 Å². The number of thiophene rings is 1. The summed E-state index contributed by atoms with van der Waals surface area (Å²) in [6.45, 7) is 0.674. The molecular formula is C14H13ClINOS2. The van der Waals surface area contributed by atoms with E-state index in [-0.39, 0.29) is 5.91 Å². The molecule has 1 amide bonds. The molecule has 1 aromatic carbocycles. The maximum atomic E-state index is 12.0. The second kappa shape index (κ2) is 8.26. The number of thioether (sulfide) groups is 1. The lowest BCUT2D eigenvalue weighted by atomic mass is 10.2. The Morgan fingerprint density at radius 3 is 2.95 bits per heavy atom. The molecule has 6 heteroatoms. The number of hydrogen-bond donors (Lipinski definition) is 1. The smallest absolute Gasteiger partial charge is 0.252 e. The van der Waals surface area contributed by atoms with Crippen LogP contribution in [-0.4, -0.2) is 18.2 Å². The average Bonchev–Trinajstić information content (AvgIpc) is 2.91. The van der Waals surface area contributed by atoms with Crippen molar-refractivity contribution in [3.05, 3.63) is 54.7 Å².